The van der Waals surface area contributed by atoms with E-state index in [-0.39, 0.29) is 24.8 Å². The highest BCUT2D eigenvalue weighted by Gasteiger charge is 2.16. The summed E-state index contributed by atoms with van der Waals surface area (Å²) in [6, 6.07) is -0.180. The molecular weight excluding hydrogens is 288 g/mol. The Kier molecular flexibility index (Phi) is 8.89. The minimum atomic E-state index is -0.616. The van der Waals surface area contributed by atoms with Gasteiger partial charge >= 0.3 is 18.0 Å². The van der Waals surface area contributed by atoms with Gasteiger partial charge < -0.3 is 19.7 Å². The molecule has 0 radical (unpaired) electrons. The summed E-state index contributed by atoms with van der Waals surface area (Å²) < 4.78 is 9.54. The molecule has 0 heterocycles. The van der Waals surface area contributed by atoms with Gasteiger partial charge in [0.15, 0.2) is 0 Å². The summed E-state index contributed by atoms with van der Waals surface area (Å²) in [5, 5.41) is 2.83. The molecule has 0 unspecified atom stereocenters. The second-order valence-electron chi connectivity index (χ2n) is 5.71. The summed E-state index contributed by atoms with van der Waals surface area (Å²) in [5.74, 6) is -1.20. The second-order valence-corrected chi connectivity index (χ2v) is 5.71. The summed E-state index contributed by atoms with van der Waals surface area (Å²) in [5.41, 5.74) is -0.296. The lowest BCUT2D eigenvalue weighted by Crippen LogP contribution is -2.47. The Morgan fingerprint density at radius 2 is 1.64 bits per heavy atom. The van der Waals surface area contributed by atoms with Gasteiger partial charge in [-0.1, -0.05) is 0 Å². The number of hydrogen-bond acceptors (Lipinski definition) is 5. The first kappa shape index (κ1) is 19.9. The van der Waals surface area contributed by atoms with Crippen molar-refractivity contribution < 1.29 is 23.9 Å². The smallest absolute Gasteiger partial charge is 0.331 e. The third kappa shape index (κ3) is 10.7. The Hall–Kier alpha value is -2.05. The number of nitrogens with one attached hydrogen (secondary N) is 1. The number of amides is 2. The maximum atomic E-state index is 11.8. The van der Waals surface area contributed by atoms with E-state index in [9.17, 15) is 14.4 Å². The lowest BCUT2D eigenvalue weighted by atomic mass is 10.1. The van der Waals surface area contributed by atoms with Gasteiger partial charge in [0.1, 0.15) is 0 Å². The highest BCUT2D eigenvalue weighted by molar-refractivity contribution is 5.91. The van der Waals surface area contributed by atoms with Gasteiger partial charge in [-0.15, -0.1) is 0 Å². The van der Waals surface area contributed by atoms with Gasteiger partial charge in [0.25, 0.3) is 0 Å². The highest BCUT2D eigenvalue weighted by atomic mass is 16.5. The fraction of sp³-hybridized carbons (Fsp3) is 0.667. The van der Waals surface area contributed by atoms with Crippen LogP contribution < -0.4 is 5.32 Å². The molecule has 0 aromatic heterocycles. The van der Waals surface area contributed by atoms with Crippen LogP contribution in [0.5, 0.6) is 0 Å². The van der Waals surface area contributed by atoms with Crippen molar-refractivity contribution in [3.05, 3.63) is 12.2 Å². The minimum absolute atomic E-state index is 0.166. The van der Waals surface area contributed by atoms with E-state index < -0.39 is 11.9 Å². The molecule has 0 spiro atoms. The summed E-state index contributed by atoms with van der Waals surface area (Å²) in [4.78, 5) is 35.6. The molecule has 0 atom stereocenters. The van der Waals surface area contributed by atoms with Crippen molar-refractivity contribution in [2.45, 2.75) is 39.7 Å². The quantitative estimate of drug-likeness (QED) is 0.437. The number of rotatable bonds is 7. The van der Waals surface area contributed by atoms with Crippen molar-refractivity contribution in [1.29, 1.82) is 0 Å². The molecule has 2 amide bonds. The normalized spacial score (nSPS) is 11.1. The lowest BCUT2D eigenvalue weighted by molar-refractivity contribution is -0.140. The van der Waals surface area contributed by atoms with Gasteiger partial charge in [-0.3, -0.25) is 0 Å². The van der Waals surface area contributed by atoms with E-state index in [0.29, 0.717) is 13.0 Å². The number of ether oxygens (including phenoxy) is 2. The molecule has 1 N–H and O–H groups in total. The van der Waals surface area contributed by atoms with E-state index in [2.05, 4.69) is 10.1 Å². The Morgan fingerprint density at radius 3 is 2.14 bits per heavy atom. The van der Waals surface area contributed by atoms with Crippen LogP contribution in [-0.4, -0.2) is 55.2 Å². The van der Waals surface area contributed by atoms with Crippen molar-refractivity contribution in [3.8, 4) is 0 Å². The topological polar surface area (TPSA) is 84.9 Å². The maximum Gasteiger partial charge on any atom is 0.331 e. The number of nitrogens with zero attached hydrogens (tertiary/aromatic N) is 1. The zero-order valence-corrected chi connectivity index (χ0v) is 14.0. The van der Waals surface area contributed by atoms with Crippen LogP contribution in [0.4, 0.5) is 4.79 Å². The van der Waals surface area contributed by atoms with Gasteiger partial charge in [-0.25, -0.2) is 14.4 Å². The molecule has 0 aromatic carbocycles. The summed E-state index contributed by atoms with van der Waals surface area (Å²) in [6.07, 6.45) is 2.55. The average Bonchev–Trinajstić information content (AvgIpc) is 2.39. The van der Waals surface area contributed by atoms with E-state index in [1.54, 1.807) is 14.0 Å². The van der Waals surface area contributed by atoms with Crippen molar-refractivity contribution in [1.82, 2.24) is 10.2 Å². The van der Waals surface area contributed by atoms with E-state index in [0.717, 1.165) is 12.2 Å². The van der Waals surface area contributed by atoms with Crippen molar-refractivity contribution in [2.24, 2.45) is 0 Å². The third-order valence-corrected chi connectivity index (χ3v) is 2.35. The van der Waals surface area contributed by atoms with Crippen molar-refractivity contribution in [3.63, 3.8) is 0 Å². The predicted molar refractivity (Wildman–Crippen MR) is 82.3 cm³/mol. The molecule has 7 heteroatoms. The molecule has 0 saturated carbocycles. The summed E-state index contributed by atoms with van der Waals surface area (Å²) in [6.45, 7) is 8.25. The van der Waals surface area contributed by atoms with Crippen LogP contribution in [0.15, 0.2) is 12.2 Å². The number of carbonyl (C=O) groups is 3. The SMILES string of the molecule is CCOC(=O)/C=C/C(=O)OCCCN(C)C(=O)NC(C)(C)C. The Morgan fingerprint density at radius 1 is 1.09 bits per heavy atom. The standard InChI is InChI=1S/C15H26N2O5/c1-6-21-12(18)8-9-13(19)22-11-7-10-17(5)14(20)16-15(2,3)4/h8-9H,6-7,10-11H2,1-5H3,(H,16,20)/b9-8+. The van der Waals surface area contributed by atoms with E-state index >= 15 is 0 Å². The van der Waals surface area contributed by atoms with E-state index in [4.69, 9.17) is 4.74 Å². The van der Waals surface area contributed by atoms with Crippen LogP contribution in [0.25, 0.3) is 0 Å². The molecule has 0 aromatic rings. The van der Waals surface area contributed by atoms with Crippen LogP contribution in [0, 0.1) is 0 Å². The van der Waals surface area contributed by atoms with Gasteiger partial charge in [-0.2, -0.15) is 0 Å². The summed E-state index contributed by atoms with van der Waals surface area (Å²) in [7, 11) is 1.67. The number of carbonyl (C=O) groups excluding carboxylic acids is 3. The van der Waals surface area contributed by atoms with Gasteiger partial charge in [-0.05, 0) is 34.1 Å². The molecule has 0 aliphatic heterocycles. The van der Waals surface area contributed by atoms with Crippen LogP contribution in [0.3, 0.4) is 0 Å². The van der Waals surface area contributed by atoms with Crippen LogP contribution >= 0.6 is 0 Å². The molecule has 0 fully saturated rings. The van der Waals surface area contributed by atoms with Gasteiger partial charge in [0.2, 0.25) is 0 Å². The molecule has 0 aliphatic rings. The van der Waals surface area contributed by atoms with Gasteiger partial charge in [0, 0.05) is 31.3 Å². The second kappa shape index (κ2) is 9.81. The Balaban J connectivity index is 3.90. The fourth-order valence-corrected chi connectivity index (χ4v) is 1.37. The summed E-state index contributed by atoms with van der Waals surface area (Å²) >= 11 is 0. The van der Waals surface area contributed by atoms with Crippen molar-refractivity contribution >= 4 is 18.0 Å². The Labute approximate surface area is 131 Å². The van der Waals surface area contributed by atoms with E-state index in [1.165, 1.54) is 4.90 Å². The first-order chi connectivity index (χ1) is 10.2. The van der Waals surface area contributed by atoms with Crippen molar-refractivity contribution in [2.75, 3.05) is 26.8 Å². The largest absolute Gasteiger partial charge is 0.463 e. The van der Waals surface area contributed by atoms with Crippen LogP contribution in [-0.2, 0) is 19.1 Å². The monoisotopic (exact) mass is 314 g/mol. The first-order valence-electron chi connectivity index (χ1n) is 7.20. The van der Waals surface area contributed by atoms with Crippen LogP contribution in [0.2, 0.25) is 0 Å². The van der Waals surface area contributed by atoms with Crippen LogP contribution in [0.1, 0.15) is 34.1 Å². The molecule has 22 heavy (non-hydrogen) atoms. The lowest BCUT2D eigenvalue weighted by Gasteiger charge is -2.25. The van der Waals surface area contributed by atoms with Gasteiger partial charge in [0.05, 0.1) is 13.2 Å². The van der Waals surface area contributed by atoms with E-state index in [1.807, 2.05) is 20.8 Å². The number of hydrogen-bond donors (Lipinski definition) is 1. The molecule has 0 bridgehead atoms. The molecule has 0 rings (SSSR count). The minimum Gasteiger partial charge on any atom is -0.463 e. The molecular formula is C15H26N2O5. The third-order valence-electron chi connectivity index (χ3n) is 2.35. The molecule has 126 valence electrons. The first-order valence-corrected chi connectivity index (χ1v) is 7.20. The Bertz CT molecular complexity index is 413. The highest BCUT2D eigenvalue weighted by Crippen LogP contribution is 2.00. The zero-order chi connectivity index (χ0) is 17.2. The zero-order valence-electron chi connectivity index (χ0n) is 14.0. The fourth-order valence-electron chi connectivity index (χ4n) is 1.37. The molecule has 7 nitrogen and oxygen atoms in total. The molecule has 0 aliphatic carbocycles. The average molecular weight is 314 g/mol. The predicted octanol–water partition coefficient (Wildman–Crippen LogP) is 1.48. The number of urea groups is 1. The number of esters is 2. The maximum absolute atomic E-state index is 11.8. The molecule has 0 saturated heterocycles.